The fourth-order valence-electron chi connectivity index (χ4n) is 3.48. The Morgan fingerprint density at radius 3 is 2.79 bits per heavy atom. The molecule has 1 fully saturated rings. The van der Waals surface area contributed by atoms with Crippen molar-refractivity contribution < 1.29 is 9.53 Å². The summed E-state index contributed by atoms with van der Waals surface area (Å²) in [6.45, 7) is 4.72. The van der Waals surface area contributed by atoms with Crippen molar-refractivity contribution in [3.8, 4) is 5.75 Å². The number of hydrogen-bond acceptors (Lipinski definition) is 6. The van der Waals surface area contributed by atoms with Crippen LogP contribution >= 0.6 is 0 Å². The normalized spacial score (nSPS) is 13.9. The van der Waals surface area contributed by atoms with Crippen LogP contribution in [0, 0.1) is 0 Å². The highest BCUT2D eigenvalue weighted by Gasteiger charge is 2.22. The van der Waals surface area contributed by atoms with E-state index in [0.29, 0.717) is 18.8 Å². The molecule has 1 aliphatic heterocycles. The minimum Gasteiger partial charge on any atom is -0.494 e. The summed E-state index contributed by atoms with van der Waals surface area (Å²) >= 11 is 0. The van der Waals surface area contributed by atoms with E-state index in [9.17, 15) is 4.79 Å². The van der Waals surface area contributed by atoms with Crippen LogP contribution in [0.25, 0.3) is 11.0 Å². The van der Waals surface area contributed by atoms with E-state index >= 15 is 0 Å². The van der Waals surface area contributed by atoms with Crippen molar-refractivity contribution in [2.75, 3.05) is 24.6 Å². The van der Waals surface area contributed by atoms with Crippen molar-refractivity contribution in [2.45, 2.75) is 26.3 Å². The Morgan fingerprint density at radius 2 is 2.00 bits per heavy atom. The number of para-hydroxylation sites is 1. The van der Waals surface area contributed by atoms with E-state index in [1.807, 2.05) is 44.4 Å². The van der Waals surface area contributed by atoms with Gasteiger partial charge in [-0.25, -0.2) is 9.97 Å². The van der Waals surface area contributed by atoms with Crippen molar-refractivity contribution in [1.29, 1.82) is 0 Å². The lowest BCUT2D eigenvalue weighted by atomic mass is 10.2. The molecule has 8 nitrogen and oxygen atoms in total. The number of aromatic nitrogens is 4. The monoisotopic (exact) mass is 380 g/mol. The van der Waals surface area contributed by atoms with Gasteiger partial charge in [0.2, 0.25) is 5.82 Å². The summed E-state index contributed by atoms with van der Waals surface area (Å²) in [5.74, 6) is 1.38. The highest BCUT2D eigenvalue weighted by Crippen LogP contribution is 2.26. The van der Waals surface area contributed by atoms with Gasteiger partial charge in [-0.05, 0) is 25.8 Å². The first-order chi connectivity index (χ1) is 13.7. The summed E-state index contributed by atoms with van der Waals surface area (Å²) in [7, 11) is 1.85. The largest absolute Gasteiger partial charge is 0.494 e. The number of hydrogen-bond donors (Lipinski definition) is 1. The first kappa shape index (κ1) is 18.2. The molecule has 0 saturated carbocycles. The number of carbonyl (C=O) groups is 1. The number of ether oxygens (including phenoxy) is 1. The molecule has 0 spiro atoms. The van der Waals surface area contributed by atoms with E-state index in [2.05, 4.69) is 25.3 Å². The Bertz CT molecular complexity index is 994. The zero-order valence-electron chi connectivity index (χ0n) is 16.2. The molecule has 4 rings (SSSR count). The van der Waals surface area contributed by atoms with Crippen LogP contribution in [0.5, 0.6) is 5.75 Å². The number of amides is 1. The summed E-state index contributed by atoms with van der Waals surface area (Å²) in [5.41, 5.74) is 1.45. The van der Waals surface area contributed by atoms with Gasteiger partial charge in [-0.15, -0.1) is 0 Å². The summed E-state index contributed by atoms with van der Waals surface area (Å²) in [4.78, 5) is 23.9. The van der Waals surface area contributed by atoms with Crippen molar-refractivity contribution in [3.05, 3.63) is 41.9 Å². The van der Waals surface area contributed by atoms with Gasteiger partial charge in [-0.1, -0.05) is 18.2 Å². The van der Waals surface area contributed by atoms with E-state index in [0.717, 1.165) is 48.4 Å². The molecule has 146 valence electrons. The maximum atomic E-state index is 12.8. The number of rotatable bonds is 6. The first-order valence-electron chi connectivity index (χ1n) is 9.61. The summed E-state index contributed by atoms with van der Waals surface area (Å²) in [6, 6.07) is 7.67. The van der Waals surface area contributed by atoms with Crippen molar-refractivity contribution in [2.24, 2.45) is 7.05 Å². The lowest BCUT2D eigenvalue weighted by Crippen LogP contribution is -2.27. The second kappa shape index (κ2) is 7.84. The molecule has 0 radical (unpaired) electrons. The van der Waals surface area contributed by atoms with Crippen LogP contribution in [-0.2, 0) is 13.6 Å². The molecular formula is C20H24N6O2. The van der Waals surface area contributed by atoms with Crippen LogP contribution in [0.15, 0.2) is 30.5 Å². The molecule has 8 heteroatoms. The Balaban J connectivity index is 1.59. The number of fused-ring (bicyclic) bond motifs is 1. The molecule has 2 aromatic heterocycles. The predicted molar refractivity (Wildman–Crippen MR) is 107 cm³/mol. The van der Waals surface area contributed by atoms with Crippen LogP contribution < -0.4 is 15.0 Å². The smallest absolute Gasteiger partial charge is 0.289 e. The molecule has 3 aromatic rings. The third kappa shape index (κ3) is 3.62. The number of aryl methyl sites for hydroxylation is 1. The Hall–Kier alpha value is -3.16. The van der Waals surface area contributed by atoms with Crippen molar-refractivity contribution in [1.82, 2.24) is 25.1 Å². The molecule has 0 atom stereocenters. The minimum atomic E-state index is -0.320. The molecule has 0 unspecified atom stereocenters. The topological polar surface area (TPSA) is 85.2 Å². The van der Waals surface area contributed by atoms with E-state index in [1.165, 1.54) is 0 Å². The SMILES string of the molecule is CCOc1ccccc1CNC(=O)c1nc(N2CCCC2)c2cn(C)nc2n1. The molecule has 0 bridgehead atoms. The first-order valence-corrected chi connectivity index (χ1v) is 9.61. The van der Waals surface area contributed by atoms with Gasteiger partial charge in [0.05, 0.1) is 12.0 Å². The van der Waals surface area contributed by atoms with Crippen LogP contribution in [-0.4, -0.2) is 45.4 Å². The lowest BCUT2D eigenvalue weighted by Gasteiger charge is -2.17. The zero-order valence-corrected chi connectivity index (χ0v) is 16.2. The van der Waals surface area contributed by atoms with Gasteiger partial charge >= 0.3 is 0 Å². The Labute approximate surface area is 163 Å². The highest BCUT2D eigenvalue weighted by atomic mass is 16.5. The number of nitrogens with one attached hydrogen (secondary N) is 1. The highest BCUT2D eigenvalue weighted by molar-refractivity contribution is 5.95. The number of nitrogens with zero attached hydrogens (tertiary/aromatic N) is 5. The molecule has 3 heterocycles. The van der Waals surface area contributed by atoms with Gasteiger partial charge in [0.15, 0.2) is 5.65 Å². The third-order valence-corrected chi connectivity index (χ3v) is 4.79. The van der Waals surface area contributed by atoms with Gasteiger partial charge in [-0.2, -0.15) is 5.10 Å². The van der Waals surface area contributed by atoms with Crippen molar-refractivity contribution in [3.63, 3.8) is 0 Å². The van der Waals surface area contributed by atoms with E-state index < -0.39 is 0 Å². The van der Waals surface area contributed by atoms with Gasteiger partial charge in [0.25, 0.3) is 5.91 Å². The Morgan fingerprint density at radius 1 is 1.21 bits per heavy atom. The maximum absolute atomic E-state index is 12.8. The standard InChI is InChI=1S/C20H24N6O2/c1-3-28-16-9-5-4-8-14(16)12-21-20(27)18-22-17-15(13-25(2)24-17)19(23-18)26-10-6-7-11-26/h4-5,8-9,13H,3,6-7,10-12H2,1-2H3,(H,21,27). The van der Waals surface area contributed by atoms with Crippen LogP contribution in [0.1, 0.15) is 35.9 Å². The molecular weight excluding hydrogens is 356 g/mol. The van der Waals surface area contributed by atoms with Gasteiger partial charge in [0.1, 0.15) is 11.6 Å². The molecule has 1 aromatic carbocycles. The second-order valence-corrected chi connectivity index (χ2v) is 6.83. The number of anilines is 1. The molecule has 0 aliphatic carbocycles. The average molecular weight is 380 g/mol. The number of carbonyl (C=O) groups excluding carboxylic acids is 1. The molecule has 28 heavy (non-hydrogen) atoms. The van der Waals surface area contributed by atoms with Crippen LogP contribution in [0.3, 0.4) is 0 Å². The van der Waals surface area contributed by atoms with E-state index in [1.54, 1.807) is 4.68 Å². The Kier molecular flexibility index (Phi) is 5.10. The quantitative estimate of drug-likeness (QED) is 0.706. The van der Waals surface area contributed by atoms with Gasteiger partial charge in [0, 0.05) is 38.4 Å². The molecule has 1 amide bonds. The predicted octanol–water partition coefficient (Wildman–Crippen LogP) is 2.29. The minimum absolute atomic E-state index is 0.141. The summed E-state index contributed by atoms with van der Waals surface area (Å²) < 4.78 is 7.33. The lowest BCUT2D eigenvalue weighted by molar-refractivity contribution is 0.0940. The summed E-state index contributed by atoms with van der Waals surface area (Å²) in [6.07, 6.45) is 4.16. The molecule has 1 N–H and O–H groups in total. The van der Waals surface area contributed by atoms with Crippen LogP contribution in [0.4, 0.5) is 5.82 Å². The molecule has 1 aliphatic rings. The average Bonchev–Trinajstić information content (AvgIpc) is 3.35. The zero-order chi connectivity index (χ0) is 19.5. The van der Waals surface area contributed by atoms with Gasteiger partial charge in [-0.3, -0.25) is 9.48 Å². The number of benzene rings is 1. The van der Waals surface area contributed by atoms with E-state index in [-0.39, 0.29) is 11.7 Å². The second-order valence-electron chi connectivity index (χ2n) is 6.83. The van der Waals surface area contributed by atoms with Crippen LogP contribution in [0.2, 0.25) is 0 Å². The maximum Gasteiger partial charge on any atom is 0.289 e. The van der Waals surface area contributed by atoms with E-state index in [4.69, 9.17) is 4.74 Å². The summed E-state index contributed by atoms with van der Waals surface area (Å²) in [5, 5.41) is 8.17. The fourth-order valence-corrected chi connectivity index (χ4v) is 3.48. The third-order valence-electron chi connectivity index (χ3n) is 4.79. The van der Waals surface area contributed by atoms with Gasteiger partial charge < -0.3 is 15.0 Å². The van der Waals surface area contributed by atoms with Crippen molar-refractivity contribution >= 4 is 22.8 Å². The molecule has 1 saturated heterocycles. The fraction of sp³-hybridized carbons (Fsp3) is 0.400.